The van der Waals surface area contributed by atoms with Crippen LogP contribution in [-0.4, -0.2) is 11.0 Å². The number of ether oxygens (including phenoxy) is 2. The van der Waals surface area contributed by atoms with E-state index in [1.807, 2.05) is 30.3 Å². The monoisotopic (exact) mass is 383 g/mol. The predicted molar refractivity (Wildman–Crippen MR) is 94.1 cm³/mol. The van der Waals surface area contributed by atoms with Crippen LogP contribution in [0.2, 0.25) is 0 Å². The van der Waals surface area contributed by atoms with Crippen LogP contribution in [0.4, 0.5) is 0 Å². The second-order valence-electron chi connectivity index (χ2n) is 5.03. The number of aromatic nitrogens is 1. The molecule has 3 aromatic rings. The third-order valence-electron chi connectivity index (χ3n) is 3.22. The summed E-state index contributed by atoms with van der Waals surface area (Å²) in [6.45, 7) is 0.490. The Morgan fingerprint density at radius 3 is 2.38 bits per heavy atom. The first-order valence-electron chi connectivity index (χ1n) is 7.30. The Hall–Kier alpha value is -2.66. The van der Waals surface area contributed by atoms with Gasteiger partial charge in [-0.3, -0.25) is 4.98 Å². The van der Waals surface area contributed by atoms with E-state index < -0.39 is 5.97 Å². The van der Waals surface area contributed by atoms with Crippen LogP contribution in [0.5, 0.6) is 11.5 Å². The summed E-state index contributed by atoms with van der Waals surface area (Å²) in [5.74, 6) is 0.705. The maximum absolute atomic E-state index is 12.0. The fourth-order valence-electron chi connectivity index (χ4n) is 2.03. The largest absolute Gasteiger partial charge is 0.489 e. The van der Waals surface area contributed by atoms with Gasteiger partial charge in [-0.25, -0.2) is 4.79 Å². The van der Waals surface area contributed by atoms with Gasteiger partial charge in [0.2, 0.25) is 0 Å². The van der Waals surface area contributed by atoms with Gasteiger partial charge in [0.05, 0.1) is 5.56 Å². The number of halogens is 1. The van der Waals surface area contributed by atoms with Crippen molar-refractivity contribution in [2.75, 3.05) is 0 Å². The minimum atomic E-state index is -0.457. The van der Waals surface area contributed by atoms with Crippen molar-refractivity contribution in [1.82, 2.24) is 4.98 Å². The average Bonchev–Trinajstić information content (AvgIpc) is 2.62. The van der Waals surface area contributed by atoms with Gasteiger partial charge in [0.1, 0.15) is 18.1 Å². The van der Waals surface area contributed by atoms with Gasteiger partial charge in [0.25, 0.3) is 0 Å². The van der Waals surface area contributed by atoms with Crippen LogP contribution >= 0.6 is 15.9 Å². The SMILES string of the molecule is O=C(Oc1ccc(OCc2ccccc2)cc1)c1cncc(Br)c1. The molecule has 2 aromatic carbocycles. The van der Waals surface area contributed by atoms with Crippen LogP contribution in [0.1, 0.15) is 15.9 Å². The van der Waals surface area contributed by atoms with Crippen LogP contribution in [0.15, 0.2) is 77.5 Å². The molecular weight excluding hydrogens is 370 g/mol. The Morgan fingerprint density at radius 2 is 1.67 bits per heavy atom. The lowest BCUT2D eigenvalue weighted by Gasteiger charge is -2.08. The minimum Gasteiger partial charge on any atom is -0.489 e. The van der Waals surface area contributed by atoms with Crippen molar-refractivity contribution in [3.05, 3.63) is 88.7 Å². The molecule has 4 nitrogen and oxygen atoms in total. The standard InChI is InChI=1S/C19H14BrNO3/c20-16-10-15(11-21-12-16)19(22)24-18-8-6-17(7-9-18)23-13-14-4-2-1-3-5-14/h1-12H,13H2. The second-order valence-corrected chi connectivity index (χ2v) is 5.94. The molecule has 0 atom stereocenters. The third-order valence-corrected chi connectivity index (χ3v) is 3.66. The molecule has 0 saturated carbocycles. The number of carbonyl (C=O) groups is 1. The molecule has 0 aliphatic carbocycles. The highest BCUT2D eigenvalue weighted by Gasteiger charge is 2.09. The van der Waals surface area contributed by atoms with Crippen molar-refractivity contribution >= 4 is 21.9 Å². The van der Waals surface area contributed by atoms with E-state index in [1.165, 1.54) is 6.20 Å². The molecule has 1 aromatic heterocycles. The van der Waals surface area contributed by atoms with E-state index in [9.17, 15) is 4.79 Å². The van der Waals surface area contributed by atoms with E-state index in [1.54, 1.807) is 36.5 Å². The van der Waals surface area contributed by atoms with Crippen LogP contribution in [0, 0.1) is 0 Å². The molecule has 0 bridgehead atoms. The fourth-order valence-corrected chi connectivity index (χ4v) is 2.40. The molecule has 5 heteroatoms. The Labute approximate surface area is 148 Å². The predicted octanol–water partition coefficient (Wildman–Crippen LogP) is 4.64. The van der Waals surface area contributed by atoms with Crippen molar-refractivity contribution in [3.63, 3.8) is 0 Å². The normalized spacial score (nSPS) is 10.2. The Morgan fingerprint density at radius 1 is 0.958 bits per heavy atom. The molecule has 0 N–H and O–H groups in total. The van der Waals surface area contributed by atoms with E-state index in [0.29, 0.717) is 23.7 Å². The van der Waals surface area contributed by atoms with Gasteiger partial charge in [0, 0.05) is 16.9 Å². The Kier molecular flexibility index (Phi) is 5.23. The number of benzene rings is 2. The molecular formula is C19H14BrNO3. The minimum absolute atomic E-state index is 0.383. The summed E-state index contributed by atoms with van der Waals surface area (Å²) in [6.07, 6.45) is 3.07. The Balaban J connectivity index is 1.59. The number of pyridine rings is 1. The van der Waals surface area contributed by atoms with Crippen molar-refractivity contribution in [3.8, 4) is 11.5 Å². The molecule has 24 heavy (non-hydrogen) atoms. The molecule has 0 amide bonds. The lowest BCUT2D eigenvalue weighted by atomic mass is 10.2. The first kappa shape index (κ1) is 16.2. The van der Waals surface area contributed by atoms with Gasteiger partial charge in [-0.1, -0.05) is 30.3 Å². The molecule has 3 rings (SSSR count). The van der Waals surface area contributed by atoms with E-state index in [2.05, 4.69) is 20.9 Å². The molecule has 0 saturated heterocycles. The highest BCUT2D eigenvalue weighted by molar-refractivity contribution is 9.10. The topological polar surface area (TPSA) is 48.4 Å². The smallest absolute Gasteiger partial charge is 0.345 e. The van der Waals surface area contributed by atoms with Crippen molar-refractivity contribution in [2.45, 2.75) is 6.61 Å². The van der Waals surface area contributed by atoms with Gasteiger partial charge in [-0.2, -0.15) is 0 Å². The molecule has 0 aliphatic heterocycles. The summed E-state index contributed by atoms with van der Waals surface area (Å²) in [5, 5.41) is 0. The Bertz CT molecular complexity index is 820. The van der Waals surface area contributed by atoms with Gasteiger partial charge < -0.3 is 9.47 Å². The number of carbonyl (C=O) groups excluding carboxylic acids is 1. The first-order chi connectivity index (χ1) is 11.7. The zero-order valence-electron chi connectivity index (χ0n) is 12.7. The van der Waals surface area contributed by atoms with Crippen LogP contribution < -0.4 is 9.47 Å². The third kappa shape index (κ3) is 4.43. The lowest BCUT2D eigenvalue weighted by Crippen LogP contribution is -2.08. The fraction of sp³-hybridized carbons (Fsp3) is 0.0526. The first-order valence-corrected chi connectivity index (χ1v) is 8.09. The summed E-state index contributed by atoms with van der Waals surface area (Å²) in [6, 6.07) is 18.5. The van der Waals surface area contributed by atoms with Crippen LogP contribution in [0.3, 0.4) is 0 Å². The second kappa shape index (κ2) is 7.75. The molecule has 0 spiro atoms. The highest BCUT2D eigenvalue weighted by atomic mass is 79.9. The van der Waals surface area contributed by atoms with Gasteiger partial charge in [-0.05, 0) is 51.8 Å². The maximum atomic E-state index is 12.0. The number of rotatable bonds is 5. The summed E-state index contributed by atoms with van der Waals surface area (Å²) < 4.78 is 11.7. The van der Waals surface area contributed by atoms with Crippen molar-refractivity contribution in [2.24, 2.45) is 0 Å². The molecule has 0 radical (unpaired) electrons. The lowest BCUT2D eigenvalue weighted by molar-refractivity contribution is 0.0734. The summed E-state index contributed by atoms with van der Waals surface area (Å²) in [7, 11) is 0. The number of esters is 1. The summed E-state index contributed by atoms with van der Waals surface area (Å²) >= 11 is 3.28. The quantitative estimate of drug-likeness (QED) is 0.475. The number of hydrogen-bond donors (Lipinski definition) is 0. The number of hydrogen-bond acceptors (Lipinski definition) is 4. The number of nitrogens with zero attached hydrogens (tertiary/aromatic N) is 1. The van der Waals surface area contributed by atoms with E-state index in [4.69, 9.17) is 9.47 Å². The summed E-state index contributed by atoms with van der Waals surface area (Å²) in [5.41, 5.74) is 1.48. The highest BCUT2D eigenvalue weighted by Crippen LogP contribution is 2.20. The zero-order chi connectivity index (χ0) is 16.8. The van der Waals surface area contributed by atoms with Crippen LogP contribution in [0.25, 0.3) is 0 Å². The molecule has 1 heterocycles. The molecule has 120 valence electrons. The molecule has 0 unspecified atom stereocenters. The van der Waals surface area contributed by atoms with Gasteiger partial charge in [-0.15, -0.1) is 0 Å². The van der Waals surface area contributed by atoms with Gasteiger partial charge >= 0.3 is 5.97 Å². The molecule has 0 aliphatic rings. The summed E-state index contributed by atoms with van der Waals surface area (Å²) in [4.78, 5) is 16.0. The zero-order valence-corrected chi connectivity index (χ0v) is 14.3. The van der Waals surface area contributed by atoms with E-state index in [-0.39, 0.29) is 0 Å². The van der Waals surface area contributed by atoms with Crippen LogP contribution in [-0.2, 0) is 6.61 Å². The van der Waals surface area contributed by atoms with E-state index >= 15 is 0 Å². The van der Waals surface area contributed by atoms with Crippen molar-refractivity contribution in [1.29, 1.82) is 0 Å². The van der Waals surface area contributed by atoms with Crippen molar-refractivity contribution < 1.29 is 14.3 Å². The van der Waals surface area contributed by atoms with Gasteiger partial charge in [0.15, 0.2) is 0 Å². The maximum Gasteiger partial charge on any atom is 0.345 e. The molecule has 0 fully saturated rings. The average molecular weight is 384 g/mol. The van der Waals surface area contributed by atoms with E-state index in [0.717, 1.165) is 10.0 Å².